The van der Waals surface area contributed by atoms with Crippen LogP contribution in [0.2, 0.25) is 0 Å². The molecule has 0 radical (unpaired) electrons. The summed E-state index contributed by atoms with van der Waals surface area (Å²) in [5.41, 5.74) is 6.99. The van der Waals surface area contributed by atoms with Gasteiger partial charge < -0.3 is 16.0 Å². The number of alkyl halides is 2. The van der Waals surface area contributed by atoms with Gasteiger partial charge in [-0.1, -0.05) is 18.2 Å². The van der Waals surface area contributed by atoms with Gasteiger partial charge in [-0.25, -0.2) is 18.0 Å². The number of halogens is 3. The Bertz CT molecular complexity index is 902. The van der Waals surface area contributed by atoms with Crippen LogP contribution in [0.5, 0.6) is 0 Å². The van der Waals surface area contributed by atoms with Gasteiger partial charge in [0, 0.05) is 23.2 Å². The summed E-state index contributed by atoms with van der Waals surface area (Å²) in [6.07, 6.45) is -2.51. The minimum absolute atomic E-state index is 0.0340. The molecule has 1 aliphatic heterocycles. The van der Waals surface area contributed by atoms with Gasteiger partial charge in [0.2, 0.25) is 5.91 Å². The summed E-state index contributed by atoms with van der Waals surface area (Å²) in [6.45, 7) is 1.60. The largest absolute Gasteiger partial charge is 0.352 e. The number of carbonyl (C=O) groups excluding carboxylic acids is 2. The molecule has 0 fully saturated rings. The number of aryl methyl sites for hydroxylation is 1. The number of amides is 3. The minimum atomic E-state index is -2.75. The van der Waals surface area contributed by atoms with Crippen LogP contribution in [0.1, 0.15) is 28.7 Å². The molecular formula is C19H18F3N3O2. The zero-order valence-electron chi connectivity index (χ0n) is 14.5. The molecule has 0 spiro atoms. The molecule has 3 amide bonds. The number of nitrogens with one attached hydrogen (secondary N) is 1. The highest BCUT2D eigenvalue weighted by atomic mass is 19.3. The third-order valence-electron chi connectivity index (χ3n) is 4.49. The van der Waals surface area contributed by atoms with E-state index in [1.165, 1.54) is 4.90 Å². The number of carbonyl (C=O) groups is 2. The lowest BCUT2D eigenvalue weighted by Gasteiger charge is -2.34. The fraction of sp³-hybridized carbons (Fsp3) is 0.263. The second-order valence-electron chi connectivity index (χ2n) is 6.47. The summed E-state index contributed by atoms with van der Waals surface area (Å²) < 4.78 is 40.1. The maximum Gasteiger partial charge on any atom is 0.312 e. The summed E-state index contributed by atoms with van der Waals surface area (Å²) in [5.74, 6) is -1.17. The average Bonchev–Trinajstić information content (AvgIpc) is 2.60. The Balaban J connectivity index is 2.02. The van der Waals surface area contributed by atoms with Crippen molar-refractivity contribution >= 4 is 17.6 Å². The summed E-state index contributed by atoms with van der Waals surface area (Å²) in [5, 5.41) is 2.38. The maximum absolute atomic E-state index is 14.2. The summed E-state index contributed by atoms with van der Waals surface area (Å²) in [7, 11) is 0. The number of urea groups is 1. The van der Waals surface area contributed by atoms with Gasteiger partial charge in [0.05, 0.1) is 6.54 Å². The third-order valence-corrected chi connectivity index (χ3v) is 4.49. The van der Waals surface area contributed by atoms with Crippen molar-refractivity contribution in [2.24, 2.45) is 5.73 Å². The molecule has 0 aliphatic carbocycles. The Morgan fingerprint density at radius 1 is 1.30 bits per heavy atom. The first-order chi connectivity index (χ1) is 12.8. The minimum Gasteiger partial charge on any atom is -0.352 e. The molecule has 8 heteroatoms. The molecule has 2 aromatic carbocycles. The van der Waals surface area contributed by atoms with Gasteiger partial charge in [-0.2, -0.15) is 0 Å². The second-order valence-corrected chi connectivity index (χ2v) is 6.47. The van der Waals surface area contributed by atoms with E-state index < -0.39 is 30.2 Å². The number of nitrogens with two attached hydrogens (primary N) is 1. The van der Waals surface area contributed by atoms with E-state index in [2.05, 4.69) is 5.32 Å². The molecule has 0 bridgehead atoms. The smallest absolute Gasteiger partial charge is 0.312 e. The number of anilines is 1. The number of benzene rings is 2. The van der Waals surface area contributed by atoms with Crippen molar-refractivity contribution in [1.82, 2.24) is 5.32 Å². The van der Waals surface area contributed by atoms with Crippen molar-refractivity contribution in [3.8, 4) is 0 Å². The number of fused-ring (bicyclic) bond motifs is 1. The van der Waals surface area contributed by atoms with Crippen LogP contribution in [0.25, 0.3) is 0 Å². The predicted octanol–water partition coefficient (Wildman–Crippen LogP) is 3.20. The van der Waals surface area contributed by atoms with Gasteiger partial charge in [-0.15, -0.1) is 0 Å². The monoisotopic (exact) mass is 377 g/mol. The molecule has 0 aromatic heterocycles. The number of hydrogen-bond acceptors (Lipinski definition) is 2. The molecular weight excluding hydrogens is 359 g/mol. The molecule has 1 heterocycles. The van der Waals surface area contributed by atoms with Crippen LogP contribution in [0.3, 0.4) is 0 Å². The van der Waals surface area contributed by atoms with Gasteiger partial charge in [-0.3, -0.25) is 4.79 Å². The Kier molecular flexibility index (Phi) is 5.07. The van der Waals surface area contributed by atoms with Gasteiger partial charge in [-0.05, 0) is 36.2 Å². The van der Waals surface area contributed by atoms with Gasteiger partial charge in [0.15, 0.2) is 0 Å². The van der Waals surface area contributed by atoms with Gasteiger partial charge in [0.1, 0.15) is 11.9 Å². The second kappa shape index (κ2) is 7.30. The normalized spacial score (nSPS) is 16.4. The van der Waals surface area contributed by atoms with Crippen molar-refractivity contribution in [1.29, 1.82) is 0 Å². The van der Waals surface area contributed by atoms with Gasteiger partial charge in [0.25, 0.3) is 6.43 Å². The standard InChI is InChI=1S/C19H18F3N3O2/c1-10-2-3-11-8-15(24-19(23)27)18(26)25(16(11)6-10)9-13-7-12(17(21)22)4-5-14(13)20/h2-7,15,17H,8-9H2,1H3,(H3,23,24,27)/t15-/m1/s1. The van der Waals surface area contributed by atoms with E-state index in [9.17, 15) is 22.8 Å². The van der Waals surface area contributed by atoms with Crippen LogP contribution >= 0.6 is 0 Å². The van der Waals surface area contributed by atoms with E-state index in [-0.39, 0.29) is 24.1 Å². The third kappa shape index (κ3) is 3.89. The zero-order valence-corrected chi connectivity index (χ0v) is 14.5. The van der Waals surface area contributed by atoms with E-state index >= 15 is 0 Å². The fourth-order valence-corrected chi connectivity index (χ4v) is 3.18. The predicted molar refractivity (Wildman–Crippen MR) is 93.9 cm³/mol. The molecule has 0 unspecified atom stereocenters. The fourth-order valence-electron chi connectivity index (χ4n) is 3.18. The molecule has 3 rings (SSSR count). The SMILES string of the molecule is Cc1ccc2c(c1)N(Cc1cc(C(F)F)ccc1F)C(=O)[C@H](NC(N)=O)C2. The average molecular weight is 377 g/mol. The van der Waals surface area contributed by atoms with Crippen molar-refractivity contribution in [2.45, 2.75) is 32.4 Å². The lowest BCUT2D eigenvalue weighted by atomic mass is 9.95. The van der Waals surface area contributed by atoms with Crippen LogP contribution in [0.15, 0.2) is 36.4 Å². The maximum atomic E-state index is 14.2. The number of primary amides is 1. The molecule has 27 heavy (non-hydrogen) atoms. The van der Waals surface area contributed by atoms with Crippen molar-refractivity contribution in [2.75, 3.05) is 4.90 Å². The molecule has 5 nitrogen and oxygen atoms in total. The molecule has 2 aromatic rings. The quantitative estimate of drug-likeness (QED) is 0.859. The van der Waals surface area contributed by atoms with Crippen molar-refractivity contribution in [3.05, 3.63) is 64.5 Å². The molecule has 3 N–H and O–H groups in total. The highest BCUT2D eigenvalue weighted by Crippen LogP contribution is 2.31. The van der Waals surface area contributed by atoms with Crippen molar-refractivity contribution in [3.63, 3.8) is 0 Å². The molecule has 1 aliphatic rings. The molecule has 1 atom stereocenters. The molecule has 142 valence electrons. The Morgan fingerprint density at radius 2 is 2.04 bits per heavy atom. The summed E-state index contributed by atoms with van der Waals surface area (Å²) in [6, 6.07) is 6.70. The van der Waals surface area contributed by atoms with Crippen LogP contribution in [-0.4, -0.2) is 18.0 Å². The van der Waals surface area contributed by atoms with E-state index in [0.29, 0.717) is 5.69 Å². The molecule has 0 saturated heterocycles. The van der Waals surface area contributed by atoms with Crippen LogP contribution in [0.4, 0.5) is 23.7 Å². The Labute approximate surface area is 154 Å². The van der Waals surface area contributed by atoms with E-state index in [1.807, 2.05) is 19.1 Å². The summed E-state index contributed by atoms with van der Waals surface area (Å²) >= 11 is 0. The Morgan fingerprint density at radius 3 is 2.70 bits per heavy atom. The van der Waals surface area contributed by atoms with Crippen LogP contribution in [0, 0.1) is 12.7 Å². The number of hydrogen-bond donors (Lipinski definition) is 2. The highest BCUT2D eigenvalue weighted by Gasteiger charge is 2.34. The topological polar surface area (TPSA) is 75.4 Å². The number of nitrogens with zero attached hydrogens (tertiary/aromatic N) is 1. The van der Waals surface area contributed by atoms with Crippen LogP contribution in [-0.2, 0) is 17.8 Å². The van der Waals surface area contributed by atoms with E-state index in [4.69, 9.17) is 5.73 Å². The Hall–Kier alpha value is -3.03. The lowest BCUT2D eigenvalue weighted by Crippen LogP contribution is -2.53. The first-order valence-corrected chi connectivity index (χ1v) is 8.29. The van der Waals surface area contributed by atoms with E-state index in [1.54, 1.807) is 6.07 Å². The van der Waals surface area contributed by atoms with Crippen molar-refractivity contribution < 1.29 is 22.8 Å². The lowest BCUT2D eigenvalue weighted by molar-refractivity contribution is -0.120. The van der Waals surface area contributed by atoms with Crippen LogP contribution < -0.4 is 16.0 Å². The molecule has 0 saturated carbocycles. The highest BCUT2D eigenvalue weighted by molar-refractivity contribution is 6.01. The van der Waals surface area contributed by atoms with Gasteiger partial charge >= 0.3 is 6.03 Å². The van der Waals surface area contributed by atoms with E-state index in [0.717, 1.165) is 29.3 Å². The number of rotatable bonds is 4. The zero-order chi connectivity index (χ0) is 19.7. The summed E-state index contributed by atoms with van der Waals surface area (Å²) in [4.78, 5) is 25.4. The first-order valence-electron chi connectivity index (χ1n) is 8.29. The first kappa shape index (κ1) is 18.8.